The molecule has 0 radical (unpaired) electrons. The largest absolute Gasteiger partial charge is 0.496 e. The summed E-state index contributed by atoms with van der Waals surface area (Å²) < 4.78 is 6.02. The van der Waals surface area contributed by atoms with Crippen LogP contribution in [-0.4, -0.2) is 19.6 Å². The maximum atomic E-state index is 11.4. The van der Waals surface area contributed by atoms with E-state index >= 15 is 0 Å². The molecule has 0 bridgehead atoms. The smallest absolute Gasteiger partial charge is 0.221 e. The van der Waals surface area contributed by atoms with Gasteiger partial charge in [0.1, 0.15) is 5.75 Å². The molecule has 1 amide bonds. The molecule has 4 nitrogen and oxygen atoms in total. The Bertz CT molecular complexity index is 396. The third-order valence-electron chi connectivity index (χ3n) is 2.42. The third kappa shape index (κ3) is 4.02. The summed E-state index contributed by atoms with van der Waals surface area (Å²) in [5.74, 6) is 0.737. The number of carbonyl (C=O) groups is 1. The molecule has 1 rings (SSSR count). The zero-order valence-corrected chi connectivity index (χ0v) is 11.6. The van der Waals surface area contributed by atoms with Crippen molar-refractivity contribution < 1.29 is 9.53 Å². The van der Waals surface area contributed by atoms with Crippen molar-refractivity contribution in [3.63, 3.8) is 0 Å². The van der Waals surface area contributed by atoms with Crippen molar-refractivity contribution in [2.24, 2.45) is 5.73 Å². The maximum Gasteiger partial charge on any atom is 0.221 e. The molecule has 0 aliphatic carbocycles. The molecule has 0 aliphatic rings. The van der Waals surface area contributed by atoms with Crippen molar-refractivity contribution in [1.29, 1.82) is 0 Å². The molecule has 17 heavy (non-hydrogen) atoms. The summed E-state index contributed by atoms with van der Waals surface area (Å²) in [6.07, 6.45) is 0.349. The van der Waals surface area contributed by atoms with E-state index in [1.54, 1.807) is 7.11 Å². The summed E-state index contributed by atoms with van der Waals surface area (Å²) >= 11 is 3.41. The lowest BCUT2D eigenvalue weighted by Gasteiger charge is -2.15. The molecule has 5 heteroatoms. The Morgan fingerprint density at radius 1 is 1.59 bits per heavy atom. The van der Waals surface area contributed by atoms with E-state index in [-0.39, 0.29) is 11.9 Å². The molecule has 0 heterocycles. The molecule has 0 aliphatic heterocycles. The molecule has 1 aromatic rings. The number of nitrogens with two attached hydrogens (primary N) is 1. The van der Waals surface area contributed by atoms with Gasteiger partial charge in [-0.05, 0) is 40.5 Å². The van der Waals surface area contributed by atoms with Crippen LogP contribution in [0.15, 0.2) is 22.7 Å². The first-order valence-corrected chi connectivity index (χ1v) is 6.20. The number of rotatable bonds is 5. The van der Waals surface area contributed by atoms with Crippen molar-refractivity contribution in [2.75, 3.05) is 13.7 Å². The lowest BCUT2D eigenvalue weighted by atomic mass is 10.1. The van der Waals surface area contributed by atoms with Crippen molar-refractivity contribution >= 4 is 21.8 Å². The Labute approximate surface area is 110 Å². The number of halogens is 1. The van der Waals surface area contributed by atoms with Crippen LogP contribution in [-0.2, 0) is 4.79 Å². The second-order valence-electron chi connectivity index (χ2n) is 3.72. The minimum Gasteiger partial charge on any atom is -0.496 e. The highest BCUT2D eigenvalue weighted by Gasteiger charge is 2.10. The van der Waals surface area contributed by atoms with Crippen LogP contribution < -0.4 is 15.8 Å². The number of ether oxygens (including phenoxy) is 1. The van der Waals surface area contributed by atoms with Crippen molar-refractivity contribution in [1.82, 2.24) is 5.32 Å². The van der Waals surface area contributed by atoms with E-state index in [9.17, 15) is 4.79 Å². The van der Waals surface area contributed by atoms with Crippen LogP contribution in [0, 0.1) is 0 Å². The topological polar surface area (TPSA) is 64.3 Å². The van der Waals surface area contributed by atoms with Gasteiger partial charge in [0.05, 0.1) is 17.6 Å². The van der Waals surface area contributed by atoms with Gasteiger partial charge in [-0.15, -0.1) is 0 Å². The van der Waals surface area contributed by atoms with Gasteiger partial charge in [-0.2, -0.15) is 0 Å². The van der Waals surface area contributed by atoms with Gasteiger partial charge < -0.3 is 15.8 Å². The second-order valence-corrected chi connectivity index (χ2v) is 4.58. The van der Waals surface area contributed by atoms with Crippen LogP contribution in [0.1, 0.15) is 24.9 Å². The van der Waals surface area contributed by atoms with Gasteiger partial charge in [0.25, 0.3) is 0 Å². The second kappa shape index (κ2) is 6.61. The number of hydrogen-bond acceptors (Lipinski definition) is 3. The van der Waals surface area contributed by atoms with Gasteiger partial charge in [0, 0.05) is 13.0 Å². The minimum absolute atomic E-state index is 0.0352. The number of methoxy groups -OCH3 is 1. The molecule has 94 valence electrons. The zero-order chi connectivity index (χ0) is 12.8. The lowest BCUT2D eigenvalue weighted by Crippen LogP contribution is -2.28. The summed E-state index contributed by atoms with van der Waals surface area (Å²) in [5.41, 5.74) is 6.34. The standard InChI is InChI=1S/C12H17BrN2O2/c1-8(15-12(16)5-6-14)9-3-4-11(17-2)10(13)7-9/h3-4,7-8H,5-6,14H2,1-2H3,(H,15,16). The van der Waals surface area contributed by atoms with E-state index in [0.717, 1.165) is 15.8 Å². The Kier molecular flexibility index (Phi) is 5.44. The van der Waals surface area contributed by atoms with E-state index in [1.807, 2.05) is 25.1 Å². The first kappa shape index (κ1) is 14.0. The van der Waals surface area contributed by atoms with Crippen LogP contribution in [0.3, 0.4) is 0 Å². The van der Waals surface area contributed by atoms with Gasteiger partial charge in [0.2, 0.25) is 5.91 Å². The molecule has 0 saturated heterocycles. The van der Waals surface area contributed by atoms with E-state index in [1.165, 1.54) is 0 Å². The minimum atomic E-state index is -0.0451. The first-order valence-electron chi connectivity index (χ1n) is 5.41. The van der Waals surface area contributed by atoms with E-state index in [0.29, 0.717) is 13.0 Å². The highest BCUT2D eigenvalue weighted by Crippen LogP contribution is 2.27. The molecule has 0 saturated carbocycles. The fourth-order valence-corrected chi connectivity index (χ4v) is 2.04. The van der Waals surface area contributed by atoms with Gasteiger partial charge in [-0.25, -0.2) is 0 Å². The molecule has 3 N–H and O–H groups in total. The lowest BCUT2D eigenvalue weighted by molar-refractivity contribution is -0.121. The number of benzene rings is 1. The van der Waals surface area contributed by atoms with Crippen LogP contribution >= 0.6 is 15.9 Å². The van der Waals surface area contributed by atoms with Crippen molar-refractivity contribution in [3.8, 4) is 5.75 Å². The van der Waals surface area contributed by atoms with E-state index in [2.05, 4.69) is 21.2 Å². The van der Waals surface area contributed by atoms with Gasteiger partial charge >= 0.3 is 0 Å². The predicted octanol–water partition coefficient (Wildman–Crippen LogP) is 1.98. The molecule has 0 aromatic heterocycles. The third-order valence-corrected chi connectivity index (χ3v) is 3.04. The summed E-state index contributed by atoms with van der Waals surface area (Å²) in [5, 5.41) is 2.88. The normalized spacial score (nSPS) is 12.0. The van der Waals surface area contributed by atoms with Crippen LogP contribution in [0.4, 0.5) is 0 Å². The highest BCUT2D eigenvalue weighted by molar-refractivity contribution is 9.10. The van der Waals surface area contributed by atoms with Gasteiger partial charge in [0.15, 0.2) is 0 Å². The number of nitrogens with one attached hydrogen (secondary N) is 1. The molecule has 0 spiro atoms. The molecule has 1 atom stereocenters. The van der Waals surface area contributed by atoms with Crippen LogP contribution in [0.25, 0.3) is 0 Å². The highest BCUT2D eigenvalue weighted by atomic mass is 79.9. The molecule has 1 unspecified atom stereocenters. The average Bonchev–Trinajstić information content (AvgIpc) is 2.29. The fourth-order valence-electron chi connectivity index (χ4n) is 1.48. The Balaban J connectivity index is 2.72. The first-order chi connectivity index (χ1) is 8.08. The SMILES string of the molecule is COc1ccc(C(C)NC(=O)CCN)cc1Br. The van der Waals surface area contributed by atoms with Gasteiger partial charge in [-0.1, -0.05) is 6.07 Å². The van der Waals surface area contributed by atoms with Crippen molar-refractivity contribution in [2.45, 2.75) is 19.4 Å². The van der Waals surface area contributed by atoms with E-state index < -0.39 is 0 Å². The molecular weight excluding hydrogens is 284 g/mol. The van der Waals surface area contributed by atoms with Crippen LogP contribution in [0.5, 0.6) is 5.75 Å². The quantitative estimate of drug-likeness (QED) is 0.874. The fraction of sp³-hybridized carbons (Fsp3) is 0.417. The average molecular weight is 301 g/mol. The number of amides is 1. The number of carbonyl (C=O) groups excluding carboxylic acids is 1. The monoisotopic (exact) mass is 300 g/mol. The molecule has 1 aromatic carbocycles. The number of hydrogen-bond donors (Lipinski definition) is 2. The summed E-state index contributed by atoms with van der Waals surface area (Å²) in [6, 6.07) is 5.69. The summed E-state index contributed by atoms with van der Waals surface area (Å²) in [4.78, 5) is 11.4. The Hall–Kier alpha value is -1.07. The predicted molar refractivity (Wildman–Crippen MR) is 70.9 cm³/mol. The summed E-state index contributed by atoms with van der Waals surface area (Å²) in [6.45, 7) is 2.30. The molecular formula is C12H17BrN2O2. The van der Waals surface area contributed by atoms with Crippen LogP contribution in [0.2, 0.25) is 0 Å². The molecule has 0 fully saturated rings. The Morgan fingerprint density at radius 2 is 2.29 bits per heavy atom. The van der Waals surface area contributed by atoms with Crippen molar-refractivity contribution in [3.05, 3.63) is 28.2 Å². The van der Waals surface area contributed by atoms with E-state index in [4.69, 9.17) is 10.5 Å². The maximum absolute atomic E-state index is 11.4. The van der Waals surface area contributed by atoms with Gasteiger partial charge in [-0.3, -0.25) is 4.79 Å². The Morgan fingerprint density at radius 3 is 2.82 bits per heavy atom. The zero-order valence-electron chi connectivity index (χ0n) is 10.00. The summed E-state index contributed by atoms with van der Waals surface area (Å²) in [7, 11) is 1.62.